The lowest BCUT2D eigenvalue weighted by Gasteiger charge is -2.28. The first-order valence-corrected chi connectivity index (χ1v) is 7.58. The number of carbonyl (C=O) groups is 1. The highest BCUT2D eigenvalue weighted by Crippen LogP contribution is 2.20. The van der Waals surface area contributed by atoms with Gasteiger partial charge >= 0.3 is 0 Å². The fourth-order valence-corrected chi connectivity index (χ4v) is 2.55. The molecule has 1 aromatic carbocycles. The molecule has 6 heteroatoms. The smallest absolute Gasteiger partial charge is 0.257 e. The van der Waals surface area contributed by atoms with Gasteiger partial charge in [0.05, 0.1) is 12.3 Å². The Balaban J connectivity index is 2.14. The summed E-state index contributed by atoms with van der Waals surface area (Å²) in [5.74, 6) is -1.83. The standard InChI is InChI=1S/C17H20F2N2O2/c1-3-21(4-2)14(15-9-6-10-23-15)11-20-17(22)16-12(18)7-5-8-13(16)19/h5-10,14H,3-4,11H2,1-2H3,(H,20,22). The Morgan fingerprint density at radius 3 is 2.35 bits per heavy atom. The summed E-state index contributed by atoms with van der Waals surface area (Å²) >= 11 is 0. The Hall–Kier alpha value is -2.21. The number of likely N-dealkylation sites (N-methyl/N-ethyl adjacent to an activating group) is 1. The molecule has 0 spiro atoms. The summed E-state index contributed by atoms with van der Waals surface area (Å²) in [5.41, 5.74) is -0.565. The van der Waals surface area contributed by atoms with E-state index in [9.17, 15) is 13.6 Å². The van der Waals surface area contributed by atoms with Crippen LogP contribution in [0.5, 0.6) is 0 Å². The number of nitrogens with zero attached hydrogens (tertiary/aromatic N) is 1. The lowest BCUT2D eigenvalue weighted by molar-refractivity contribution is 0.0921. The fraction of sp³-hybridized carbons (Fsp3) is 0.353. The van der Waals surface area contributed by atoms with Crippen LogP contribution < -0.4 is 5.32 Å². The van der Waals surface area contributed by atoms with Gasteiger partial charge in [-0.15, -0.1) is 0 Å². The largest absolute Gasteiger partial charge is 0.468 e. The van der Waals surface area contributed by atoms with Crippen LogP contribution in [0.15, 0.2) is 41.0 Å². The van der Waals surface area contributed by atoms with E-state index >= 15 is 0 Å². The summed E-state index contributed by atoms with van der Waals surface area (Å²) in [7, 11) is 0. The van der Waals surface area contributed by atoms with Gasteiger partial charge in [0, 0.05) is 6.54 Å². The van der Waals surface area contributed by atoms with Crippen molar-refractivity contribution in [1.29, 1.82) is 0 Å². The zero-order valence-corrected chi connectivity index (χ0v) is 13.2. The second-order valence-electron chi connectivity index (χ2n) is 5.06. The van der Waals surface area contributed by atoms with Crippen LogP contribution in [0.4, 0.5) is 8.78 Å². The molecule has 4 nitrogen and oxygen atoms in total. The SMILES string of the molecule is CCN(CC)C(CNC(=O)c1c(F)cccc1F)c1ccco1. The Labute approximate surface area is 134 Å². The van der Waals surface area contributed by atoms with Crippen molar-refractivity contribution >= 4 is 5.91 Å². The van der Waals surface area contributed by atoms with Gasteiger partial charge in [0.1, 0.15) is 23.0 Å². The second-order valence-corrected chi connectivity index (χ2v) is 5.06. The van der Waals surface area contributed by atoms with Crippen molar-refractivity contribution < 1.29 is 18.0 Å². The third-order valence-electron chi connectivity index (χ3n) is 3.77. The molecule has 1 unspecified atom stereocenters. The van der Waals surface area contributed by atoms with E-state index in [0.717, 1.165) is 25.2 Å². The number of hydrogen-bond donors (Lipinski definition) is 1. The highest BCUT2D eigenvalue weighted by Gasteiger charge is 2.23. The number of halogens is 2. The molecule has 1 atom stereocenters. The van der Waals surface area contributed by atoms with Gasteiger partial charge in [-0.3, -0.25) is 9.69 Å². The van der Waals surface area contributed by atoms with Crippen LogP contribution in [0.1, 0.15) is 36.0 Å². The zero-order valence-electron chi connectivity index (χ0n) is 13.2. The van der Waals surface area contributed by atoms with Crippen molar-refractivity contribution in [3.05, 3.63) is 59.6 Å². The number of nitrogens with one attached hydrogen (secondary N) is 1. The van der Waals surface area contributed by atoms with Gasteiger partial charge in [-0.05, 0) is 37.4 Å². The maximum Gasteiger partial charge on any atom is 0.257 e. The number of carbonyl (C=O) groups excluding carboxylic acids is 1. The third-order valence-corrected chi connectivity index (χ3v) is 3.77. The molecule has 0 aliphatic rings. The molecule has 1 heterocycles. The average Bonchev–Trinajstić information content (AvgIpc) is 3.05. The van der Waals surface area contributed by atoms with Crippen LogP contribution in [0.2, 0.25) is 0 Å². The summed E-state index contributed by atoms with van der Waals surface area (Å²) < 4.78 is 32.7. The van der Waals surface area contributed by atoms with Crippen LogP contribution in [0, 0.1) is 11.6 Å². The molecular weight excluding hydrogens is 302 g/mol. The van der Waals surface area contributed by atoms with Gasteiger partial charge < -0.3 is 9.73 Å². The van der Waals surface area contributed by atoms with Crippen LogP contribution in [0.3, 0.4) is 0 Å². The minimum atomic E-state index is -0.875. The highest BCUT2D eigenvalue weighted by molar-refractivity contribution is 5.94. The van der Waals surface area contributed by atoms with E-state index < -0.39 is 23.1 Å². The maximum atomic E-state index is 13.7. The molecule has 124 valence electrons. The monoisotopic (exact) mass is 322 g/mol. The molecule has 0 radical (unpaired) electrons. The minimum Gasteiger partial charge on any atom is -0.468 e. The predicted octanol–water partition coefficient (Wildman–Crippen LogP) is 3.37. The van der Waals surface area contributed by atoms with Gasteiger partial charge in [-0.1, -0.05) is 19.9 Å². The van der Waals surface area contributed by atoms with Crippen molar-refractivity contribution in [1.82, 2.24) is 10.2 Å². The normalized spacial score (nSPS) is 12.4. The minimum absolute atomic E-state index is 0.196. The molecule has 2 rings (SSSR count). The highest BCUT2D eigenvalue weighted by atomic mass is 19.1. The van der Waals surface area contributed by atoms with Gasteiger partial charge in [-0.25, -0.2) is 8.78 Å². The van der Waals surface area contributed by atoms with Crippen molar-refractivity contribution in [2.75, 3.05) is 19.6 Å². The van der Waals surface area contributed by atoms with E-state index in [-0.39, 0.29) is 12.6 Å². The summed E-state index contributed by atoms with van der Waals surface area (Å²) in [5, 5.41) is 2.60. The maximum absolute atomic E-state index is 13.7. The van der Waals surface area contributed by atoms with Crippen molar-refractivity contribution in [2.24, 2.45) is 0 Å². The van der Waals surface area contributed by atoms with E-state index in [2.05, 4.69) is 10.2 Å². The summed E-state index contributed by atoms with van der Waals surface area (Å²) in [6.07, 6.45) is 1.56. The molecule has 0 aliphatic carbocycles. The molecule has 0 bridgehead atoms. The lowest BCUT2D eigenvalue weighted by atomic mass is 10.1. The van der Waals surface area contributed by atoms with Gasteiger partial charge in [-0.2, -0.15) is 0 Å². The first kappa shape index (κ1) is 17.1. The van der Waals surface area contributed by atoms with Gasteiger partial charge in [0.25, 0.3) is 5.91 Å². The molecule has 0 saturated carbocycles. The Morgan fingerprint density at radius 1 is 1.17 bits per heavy atom. The van der Waals surface area contributed by atoms with Crippen LogP contribution in [-0.2, 0) is 0 Å². The van der Waals surface area contributed by atoms with Gasteiger partial charge in [0.2, 0.25) is 0 Å². The molecule has 23 heavy (non-hydrogen) atoms. The molecule has 0 saturated heterocycles. The number of benzene rings is 1. The predicted molar refractivity (Wildman–Crippen MR) is 83.1 cm³/mol. The summed E-state index contributed by atoms with van der Waals surface area (Å²) in [6.45, 7) is 5.70. The quantitative estimate of drug-likeness (QED) is 0.850. The first-order valence-electron chi connectivity index (χ1n) is 7.58. The fourth-order valence-electron chi connectivity index (χ4n) is 2.55. The Kier molecular flexibility index (Phi) is 5.87. The van der Waals surface area contributed by atoms with Crippen LogP contribution in [-0.4, -0.2) is 30.4 Å². The molecular formula is C17H20F2N2O2. The van der Waals surface area contributed by atoms with Crippen molar-refractivity contribution in [2.45, 2.75) is 19.9 Å². The average molecular weight is 322 g/mol. The number of rotatable bonds is 7. The van der Waals surface area contributed by atoms with E-state index in [1.54, 1.807) is 12.3 Å². The van der Waals surface area contributed by atoms with E-state index in [1.807, 2.05) is 19.9 Å². The van der Waals surface area contributed by atoms with Crippen LogP contribution in [0.25, 0.3) is 0 Å². The molecule has 2 aromatic rings. The van der Waals surface area contributed by atoms with E-state index in [0.29, 0.717) is 5.76 Å². The molecule has 1 aromatic heterocycles. The molecule has 1 amide bonds. The zero-order chi connectivity index (χ0) is 16.8. The third kappa shape index (κ3) is 3.96. The molecule has 0 fully saturated rings. The van der Waals surface area contributed by atoms with Crippen molar-refractivity contribution in [3.63, 3.8) is 0 Å². The van der Waals surface area contributed by atoms with Crippen LogP contribution >= 0.6 is 0 Å². The molecule has 1 N–H and O–H groups in total. The number of amides is 1. The van der Waals surface area contributed by atoms with E-state index in [1.165, 1.54) is 6.07 Å². The summed E-state index contributed by atoms with van der Waals surface area (Å²) in [4.78, 5) is 14.2. The van der Waals surface area contributed by atoms with E-state index in [4.69, 9.17) is 4.42 Å². The Bertz CT molecular complexity index is 620. The topological polar surface area (TPSA) is 45.5 Å². The summed E-state index contributed by atoms with van der Waals surface area (Å²) in [6, 6.07) is 6.74. The lowest BCUT2D eigenvalue weighted by Crippen LogP contribution is -2.38. The second kappa shape index (κ2) is 7.87. The van der Waals surface area contributed by atoms with Gasteiger partial charge in [0.15, 0.2) is 0 Å². The molecule has 0 aliphatic heterocycles. The Morgan fingerprint density at radius 2 is 1.83 bits per heavy atom. The number of furan rings is 1. The first-order chi connectivity index (χ1) is 11.1. The van der Waals surface area contributed by atoms with Crippen molar-refractivity contribution in [3.8, 4) is 0 Å². The number of hydrogen-bond acceptors (Lipinski definition) is 3.